The van der Waals surface area contributed by atoms with Crippen molar-refractivity contribution in [3.05, 3.63) is 174 Å². The normalized spacial score (nSPS) is 23.9. The molecule has 7 rings (SSSR count). The number of ether oxygens (including phenoxy) is 2. The lowest BCUT2D eigenvalue weighted by Gasteiger charge is -2.41. The lowest BCUT2D eigenvalue weighted by atomic mass is 9.72. The molecule has 0 radical (unpaired) electrons. The van der Waals surface area contributed by atoms with Gasteiger partial charge in [-0.25, -0.2) is 0 Å². The van der Waals surface area contributed by atoms with Gasteiger partial charge < -0.3 is 18.5 Å². The van der Waals surface area contributed by atoms with Crippen LogP contribution in [-0.4, -0.2) is 18.0 Å². The van der Waals surface area contributed by atoms with E-state index in [-0.39, 0.29) is 0 Å². The van der Waals surface area contributed by atoms with Gasteiger partial charge in [-0.3, -0.25) is 0 Å². The highest BCUT2D eigenvalue weighted by Crippen LogP contribution is 2.64. The van der Waals surface area contributed by atoms with E-state index < -0.39 is 37.6 Å². The van der Waals surface area contributed by atoms with Crippen LogP contribution in [0.25, 0.3) is 0 Å². The topological polar surface area (TPSA) is 36.9 Å². The lowest BCUT2D eigenvalue weighted by molar-refractivity contribution is -0.173. The fourth-order valence-corrected chi connectivity index (χ4v) is 8.15. The van der Waals surface area contributed by atoms with Crippen molar-refractivity contribution in [2.45, 2.75) is 43.0 Å². The second kappa shape index (κ2) is 10.9. The van der Waals surface area contributed by atoms with Crippen LogP contribution in [0.3, 0.4) is 0 Å². The van der Waals surface area contributed by atoms with E-state index in [1.807, 2.05) is 56.3 Å². The molecule has 0 aliphatic carbocycles. The molecule has 2 fully saturated rings. The number of rotatable bonds is 5. The summed E-state index contributed by atoms with van der Waals surface area (Å²) in [6.07, 6.45) is -1.15. The van der Waals surface area contributed by atoms with E-state index in [1.165, 1.54) is 0 Å². The summed E-state index contributed by atoms with van der Waals surface area (Å²) in [5, 5.41) is 0.971. The van der Waals surface area contributed by atoms with Crippen molar-refractivity contribution in [3.8, 4) is 0 Å². The van der Waals surface area contributed by atoms with E-state index in [0.717, 1.165) is 27.6 Å². The molecular weight excluding hydrogens is 539 g/mol. The fraction of sp³-hybridized carbons (Fsp3) is 0.189. The predicted molar refractivity (Wildman–Crippen MR) is 166 cm³/mol. The molecular formula is C37H33O4P. The molecule has 0 spiro atoms. The Morgan fingerprint density at radius 1 is 0.429 bits per heavy atom. The summed E-state index contributed by atoms with van der Waals surface area (Å²) in [6, 6.07) is 51.8. The molecule has 0 saturated carbocycles. The van der Waals surface area contributed by atoms with Gasteiger partial charge in [-0.1, -0.05) is 140 Å². The maximum atomic E-state index is 7.50. The quantitative estimate of drug-likeness (QED) is 0.200. The van der Waals surface area contributed by atoms with Crippen LogP contribution in [0.4, 0.5) is 0 Å². The molecule has 2 saturated heterocycles. The van der Waals surface area contributed by atoms with Gasteiger partial charge in [0.15, 0.2) is 17.0 Å². The van der Waals surface area contributed by atoms with Crippen molar-refractivity contribution >= 4 is 13.7 Å². The Labute approximate surface area is 248 Å². The number of hydrogen-bond donors (Lipinski definition) is 0. The summed E-state index contributed by atoms with van der Waals surface area (Å²) in [5.74, 6) is -0.904. The van der Waals surface area contributed by atoms with Crippen molar-refractivity contribution in [3.63, 3.8) is 0 Å². The SMILES string of the molecule is CC1(C)OC2C(O1)C(c1ccccc1)(c1ccccc1)OP(c1ccccc1)OC2(c1ccccc1)c1ccccc1. The Balaban J connectivity index is 1.59. The van der Waals surface area contributed by atoms with Crippen molar-refractivity contribution < 1.29 is 18.5 Å². The summed E-state index contributed by atoms with van der Waals surface area (Å²) in [5.41, 5.74) is 1.84. The first kappa shape index (κ1) is 27.2. The third kappa shape index (κ3) is 4.52. The molecule has 2 heterocycles. The number of fused-ring (bicyclic) bond motifs is 1. The zero-order valence-corrected chi connectivity index (χ0v) is 24.6. The lowest BCUT2D eigenvalue weighted by Crippen LogP contribution is -2.53. The Bertz CT molecular complexity index is 1430. The standard InChI is InChI=1S/C37H33O4P/c1-35(2)38-33-34(39-35)37(30-22-12-5-13-23-30,31-24-14-6-15-25-31)41-42(32-26-16-7-17-27-32)40-36(33,28-18-8-3-9-19-28)29-20-10-4-11-21-29/h3-27,33-34H,1-2H3. The maximum Gasteiger partial charge on any atom is 0.207 e. The van der Waals surface area contributed by atoms with Crippen molar-refractivity contribution in [2.75, 3.05) is 0 Å². The number of hydrogen-bond acceptors (Lipinski definition) is 4. The molecule has 5 aromatic rings. The zero-order chi connectivity index (χ0) is 28.6. The highest BCUT2D eigenvalue weighted by molar-refractivity contribution is 7.56. The van der Waals surface area contributed by atoms with Gasteiger partial charge in [0.05, 0.1) is 0 Å². The molecule has 0 bridgehead atoms. The number of benzene rings is 5. The molecule has 42 heavy (non-hydrogen) atoms. The third-order valence-corrected chi connectivity index (χ3v) is 9.76. The van der Waals surface area contributed by atoms with Gasteiger partial charge in [0.2, 0.25) is 8.38 Å². The third-order valence-electron chi connectivity index (χ3n) is 8.13. The minimum absolute atomic E-state index is 0.575. The van der Waals surface area contributed by atoms with Gasteiger partial charge in [0.25, 0.3) is 0 Å². The maximum absolute atomic E-state index is 7.50. The smallest absolute Gasteiger partial charge is 0.207 e. The van der Waals surface area contributed by atoms with Crippen LogP contribution in [0.2, 0.25) is 0 Å². The highest BCUT2D eigenvalue weighted by Gasteiger charge is 2.67. The van der Waals surface area contributed by atoms with Crippen LogP contribution in [0.5, 0.6) is 0 Å². The van der Waals surface area contributed by atoms with Crippen LogP contribution in [0.1, 0.15) is 36.1 Å². The molecule has 4 nitrogen and oxygen atoms in total. The molecule has 2 aliphatic rings. The average Bonchev–Trinajstić information content (AvgIpc) is 3.33. The second-order valence-electron chi connectivity index (χ2n) is 11.2. The molecule has 0 aromatic heterocycles. The monoisotopic (exact) mass is 572 g/mol. The Kier molecular flexibility index (Phi) is 7.06. The van der Waals surface area contributed by atoms with E-state index in [1.54, 1.807) is 0 Å². The fourth-order valence-electron chi connectivity index (χ4n) is 6.34. The first-order valence-corrected chi connectivity index (χ1v) is 15.5. The summed E-state index contributed by atoms with van der Waals surface area (Å²) < 4.78 is 29.0. The van der Waals surface area contributed by atoms with Crippen LogP contribution in [-0.2, 0) is 29.7 Å². The Hall–Kier alpha value is -3.63. The average molecular weight is 573 g/mol. The zero-order valence-electron chi connectivity index (χ0n) is 23.7. The van der Waals surface area contributed by atoms with Gasteiger partial charge in [-0.2, -0.15) is 0 Å². The molecule has 0 N–H and O–H groups in total. The molecule has 210 valence electrons. The summed E-state index contributed by atoms with van der Waals surface area (Å²) >= 11 is 0. The van der Waals surface area contributed by atoms with Gasteiger partial charge >= 0.3 is 0 Å². The van der Waals surface area contributed by atoms with Gasteiger partial charge in [0.1, 0.15) is 12.2 Å². The van der Waals surface area contributed by atoms with Crippen molar-refractivity contribution in [1.29, 1.82) is 0 Å². The van der Waals surface area contributed by atoms with E-state index >= 15 is 0 Å². The van der Waals surface area contributed by atoms with Gasteiger partial charge in [-0.15, -0.1) is 0 Å². The van der Waals surface area contributed by atoms with Gasteiger partial charge in [0, 0.05) is 5.30 Å². The molecule has 0 amide bonds. The minimum Gasteiger partial charge on any atom is -0.341 e. The summed E-state index contributed by atoms with van der Waals surface area (Å²) in [4.78, 5) is 0. The Morgan fingerprint density at radius 2 is 0.714 bits per heavy atom. The van der Waals surface area contributed by atoms with E-state index in [4.69, 9.17) is 18.5 Å². The van der Waals surface area contributed by atoms with Crippen molar-refractivity contribution in [2.24, 2.45) is 0 Å². The summed E-state index contributed by atoms with van der Waals surface area (Å²) in [7, 11) is -1.68. The second-order valence-corrected chi connectivity index (χ2v) is 12.6. The van der Waals surface area contributed by atoms with E-state index in [2.05, 4.69) is 109 Å². The van der Waals surface area contributed by atoms with Gasteiger partial charge in [-0.05, 0) is 48.2 Å². The molecule has 2 aliphatic heterocycles. The van der Waals surface area contributed by atoms with Crippen molar-refractivity contribution in [1.82, 2.24) is 0 Å². The summed E-state index contributed by atoms with van der Waals surface area (Å²) in [6.45, 7) is 3.95. The first-order chi connectivity index (χ1) is 20.5. The molecule has 2 atom stereocenters. The van der Waals surface area contributed by atoms with Crippen LogP contribution >= 0.6 is 8.38 Å². The minimum atomic E-state index is -1.68. The van der Waals surface area contributed by atoms with Crippen LogP contribution < -0.4 is 5.30 Å². The van der Waals surface area contributed by atoms with Crippen LogP contribution in [0, 0.1) is 0 Å². The largest absolute Gasteiger partial charge is 0.341 e. The predicted octanol–water partition coefficient (Wildman–Crippen LogP) is 8.08. The van der Waals surface area contributed by atoms with E-state index in [0.29, 0.717) is 0 Å². The van der Waals surface area contributed by atoms with Crippen LogP contribution in [0.15, 0.2) is 152 Å². The Morgan fingerprint density at radius 3 is 1.02 bits per heavy atom. The molecule has 5 aromatic carbocycles. The molecule has 5 heteroatoms. The highest BCUT2D eigenvalue weighted by atomic mass is 31.2. The van der Waals surface area contributed by atoms with E-state index in [9.17, 15) is 0 Å². The first-order valence-electron chi connectivity index (χ1n) is 14.3. The molecule has 2 unspecified atom stereocenters.